The molecular formula is C13H17N5O. The molecule has 0 spiro atoms. The quantitative estimate of drug-likeness (QED) is 0.865. The summed E-state index contributed by atoms with van der Waals surface area (Å²) in [6.07, 6.45) is 1.68. The lowest BCUT2D eigenvalue weighted by Gasteiger charge is -2.09. The third-order valence-corrected chi connectivity index (χ3v) is 2.76. The van der Waals surface area contributed by atoms with Crippen molar-refractivity contribution in [1.82, 2.24) is 14.8 Å². The van der Waals surface area contributed by atoms with Gasteiger partial charge in [0, 0.05) is 17.8 Å². The fraction of sp³-hybridized carbons (Fsp3) is 0.308. The lowest BCUT2D eigenvalue weighted by Crippen LogP contribution is -2.32. The number of rotatable bonds is 4. The van der Waals surface area contributed by atoms with Crippen LogP contribution in [0.25, 0.3) is 11.4 Å². The summed E-state index contributed by atoms with van der Waals surface area (Å²) >= 11 is 0. The molecule has 0 aliphatic carbocycles. The molecule has 0 aliphatic heterocycles. The van der Waals surface area contributed by atoms with Crippen LogP contribution in [0.5, 0.6) is 0 Å². The molecule has 0 saturated heterocycles. The van der Waals surface area contributed by atoms with Crippen LogP contribution < -0.4 is 11.1 Å². The number of nitrogens with one attached hydrogen (secondary N) is 1. The highest BCUT2D eigenvalue weighted by molar-refractivity contribution is 5.94. The zero-order valence-electron chi connectivity index (χ0n) is 11.0. The number of hydrogen-bond acceptors (Lipinski definition) is 4. The van der Waals surface area contributed by atoms with E-state index in [1.54, 1.807) is 13.3 Å². The van der Waals surface area contributed by atoms with Crippen molar-refractivity contribution in [3.8, 4) is 11.4 Å². The second kappa shape index (κ2) is 5.62. The summed E-state index contributed by atoms with van der Waals surface area (Å²) in [5.74, 6) is 0.563. The Balaban J connectivity index is 2.27. The smallest absolute Gasteiger partial charge is 0.240 e. The van der Waals surface area contributed by atoms with Gasteiger partial charge in [-0.05, 0) is 26.0 Å². The van der Waals surface area contributed by atoms with E-state index < -0.39 is 6.04 Å². The zero-order valence-corrected chi connectivity index (χ0v) is 11.0. The van der Waals surface area contributed by atoms with E-state index in [-0.39, 0.29) is 5.91 Å². The number of aromatic nitrogens is 3. The van der Waals surface area contributed by atoms with Gasteiger partial charge in [-0.3, -0.25) is 4.79 Å². The standard InChI is InChI=1S/C13H17N5O/c1-3-18-8-15-17-12(18)10-5-4-6-11(7-10)16-13(19)9(2)14/h4-9H,3,14H2,1-2H3,(H,16,19). The van der Waals surface area contributed by atoms with Crippen LogP contribution in [0, 0.1) is 0 Å². The van der Waals surface area contributed by atoms with Gasteiger partial charge in [0.1, 0.15) is 6.33 Å². The maximum Gasteiger partial charge on any atom is 0.240 e. The molecule has 1 heterocycles. The summed E-state index contributed by atoms with van der Waals surface area (Å²) in [7, 11) is 0. The minimum absolute atomic E-state index is 0.214. The molecule has 6 nitrogen and oxygen atoms in total. The molecule has 1 unspecified atom stereocenters. The number of anilines is 1. The predicted octanol–water partition coefficient (Wildman–Crippen LogP) is 1.25. The van der Waals surface area contributed by atoms with Gasteiger partial charge in [-0.1, -0.05) is 12.1 Å². The van der Waals surface area contributed by atoms with Gasteiger partial charge in [0.15, 0.2) is 5.82 Å². The number of nitrogens with zero attached hydrogens (tertiary/aromatic N) is 3. The zero-order chi connectivity index (χ0) is 13.8. The van der Waals surface area contributed by atoms with Gasteiger partial charge in [0.05, 0.1) is 6.04 Å². The lowest BCUT2D eigenvalue weighted by molar-refractivity contribution is -0.117. The van der Waals surface area contributed by atoms with E-state index in [0.717, 1.165) is 17.9 Å². The van der Waals surface area contributed by atoms with Crippen molar-refractivity contribution < 1.29 is 4.79 Å². The summed E-state index contributed by atoms with van der Waals surface area (Å²) in [5, 5.41) is 10.7. The first-order chi connectivity index (χ1) is 9.11. The number of carbonyl (C=O) groups is 1. The number of carbonyl (C=O) groups excluding carboxylic acids is 1. The van der Waals surface area contributed by atoms with Crippen molar-refractivity contribution in [3.63, 3.8) is 0 Å². The van der Waals surface area contributed by atoms with E-state index in [1.165, 1.54) is 0 Å². The maximum absolute atomic E-state index is 11.6. The summed E-state index contributed by atoms with van der Waals surface area (Å²) in [4.78, 5) is 11.6. The van der Waals surface area contributed by atoms with Gasteiger partial charge in [0.2, 0.25) is 5.91 Å². The second-order valence-corrected chi connectivity index (χ2v) is 4.30. The largest absolute Gasteiger partial charge is 0.325 e. The molecule has 0 fully saturated rings. The SMILES string of the molecule is CCn1cnnc1-c1cccc(NC(=O)C(C)N)c1. The summed E-state index contributed by atoms with van der Waals surface area (Å²) < 4.78 is 1.94. The van der Waals surface area contributed by atoms with Crippen LogP contribution in [-0.4, -0.2) is 26.7 Å². The van der Waals surface area contributed by atoms with Crippen LogP contribution >= 0.6 is 0 Å². The molecule has 0 bridgehead atoms. The fourth-order valence-corrected chi connectivity index (χ4v) is 1.70. The van der Waals surface area contributed by atoms with E-state index in [0.29, 0.717) is 5.69 Å². The van der Waals surface area contributed by atoms with Crippen LogP contribution in [0.1, 0.15) is 13.8 Å². The second-order valence-electron chi connectivity index (χ2n) is 4.30. The first-order valence-electron chi connectivity index (χ1n) is 6.16. The third-order valence-electron chi connectivity index (χ3n) is 2.76. The monoisotopic (exact) mass is 259 g/mol. The molecule has 0 aliphatic rings. The van der Waals surface area contributed by atoms with Crippen LogP contribution in [0.15, 0.2) is 30.6 Å². The average molecular weight is 259 g/mol. The normalized spacial score (nSPS) is 12.2. The highest BCUT2D eigenvalue weighted by Crippen LogP contribution is 2.20. The minimum atomic E-state index is -0.539. The van der Waals surface area contributed by atoms with Crippen LogP contribution in [0.4, 0.5) is 5.69 Å². The Labute approximate surface area is 111 Å². The Kier molecular flexibility index (Phi) is 3.91. The molecular weight excluding hydrogens is 242 g/mol. The molecule has 1 amide bonds. The van der Waals surface area contributed by atoms with Crippen LogP contribution in [-0.2, 0) is 11.3 Å². The first-order valence-corrected chi connectivity index (χ1v) is 6.16. The number of aryl methyl sites for hydroxylation is 1. The van der Waals surface area contributed by atoms with Crippen molar-refractivity contribution in [2.75, 3.05) is 5.32 Å². The van der Waals surface area contributed by atoms with E-state index in [2.05, 4.69) is 15.5 Å². The summed E-state index contributed by atoms with van der Waals surface area (Å²) in [6.45, 7) is 4.46. The Bertz CT molecular complexity index is 576. The Morgan fingerprint density at radius 1 is 1.53 bits per heavy atom. The van der Waals surface area contributed by atoms with E-state index in [4.69, 9.17) is 5.73 Å². The summed E-state index contributed by atoms with van der Waals surface area (Å²) in [6, 6.07) is 6.92. The molecule has 2 rings (SSSR count). The molecule has 1 aromatic carbocycles. The van der Waals surface area contributed by atoms with Crippen molar-refractivity contribution in [3.05, 3.63) is 30.6 Å². The van der Waals surface area contributed by atoms with Crippen LogP contribution in [0.3, 0.4) is 0 Å². The highest BCUT2D eigenvalue weighted by atomic mass is 16.2. The molecule has 2 aromatic rings. The topological polar surface area (TPSA) is 85.8 Å². The van der Waals surface area contributed by atoms with Crippen molar-refractivity contribution in [2.24, 2.45) is 5.73 Å². The van der Waals surface area contributed by atoms with Gasteiger partial charge in [0.25, 0.3) is 0 Å². The Morgan fingerprint density at radius 2 is 2.32 bits per heavy atom. The van der Waals surface area contributed by atoms with Crippen molar-refractivity contribution >= 4 is 11.6 Å². The van der Waals surface area contributed by atoms with Gasteiger partial charge < -0.3 is 15.6 Å². The molecule has 19 heavy (non-hydrogen) atoms. The molecule has 0 radical (unpaired) electrons. The van der Waals surface area contributed by atoms with Gasteiger partial charge in [-0.2, -0.15) is 0 Å². The lowest BCUT2D eigenvalue weighted by atomic mass is 10.2. The Hall–Kier alpha value is -2.21. The van der Waals surface area contributed by atoms with Crippen molar-refractivity contribution in [1.29, 1.82) is 0 Å². The average Bonchev–Trinajstić information content (AvgIpc) is 2.87. The van der Waals surface area contributed by atoms with Gasteiger partial charge in [-0.25, -0.2) is 0 Å². The minimum Gasteiger partial charge on any atom is -0.325 e. The first kappa shape index (κ1) is 13.2. The fourth-order valence-electron chi connectivity index (χ4n) is 1.70. The third kappa shape index (κ3) is 2.97. The predicted molar refractivity (Wildman–Crippen MR) is 73.4 cm³/mol. The number of benzene rings is 1. The van der Waals surface area contributed by atoms with Gasteiger partial charge >= 0.3 is 0 Å². The summed E-state index contributed by atoms with van der Waals surface area (Å²) in [5.41, 5.74) is 7.13. The number of amides is 1. The number of hydrogen-bond donors (Lipinski definition) is 2. The molecule has 100 valence electrons. The van der Waals surface area contributed by atoms with E-state index in [9.17, 15) is 4.79 Å². The van der Waals surface area contributed by atoms with Crippen LogP contribution in [0.2, 0.25) is 0 Å². The molecule has 1 atom stereocenters. The molecule has 0 saturated carbocycles. The highest BCUT2D eigenvalue weighted by Gasteiger charge is 2.10. The number of nitrogens with two attached hydrogens (primary N) is 1. The maximum atomic E-state index is 11.6. The molecule has 1 aromatic heterocycles. The Morgan fingerprint density at radius 3 is 3.00 bits per heavy atom. The van der Waals surface area contributed by atoms with Crippen molar-refractivity contribution in [2.45, 2.75) is 26.4 Å². The molecule has 6 heteroatoms. The molecule has 3 N–H and O–H groups in total. The van der Waals surface area contributed by atoms with E-state index >= 15 is 0 Å². The van der Waals surface area contributed by atoms with E-state index in [1.807, 2.05) is 35.8 Å². The van der Waals surface area contributed by atoms with Gasteiger partial charge in [-0.15, -0.1) is 10.2 Å².